The highest BCUT2D eigenvalue weighted by atomic mass is 16.5. The van der Waals surface area contributed by atoms with E-state index in [4.69, 9.17) is 4.74 Å². The van der Waals surface area contributed by atoms with Gasteiger partial charge in [-0.1, -0.05) is 48.5 Å². The quantitative estimate of drug-likeness (QED) is 0.683. The summed E-state index contributed by atoms with van der Waals surface area (Å²) in [6, 6.07) is 16.4. The molecular weight excluding hydrogens is 444 g/mol. The van der Waals surface area contributed by atoms with Crippen LogP contribution in [0.4, 0.5) is 4.79 Å². The van der Waals surface area contributed by atoms with Crippen LogP contribution in [0.1, 0.15) is 49.1 Å². The number of aliphatic carboxylic acids is 1. The number of amides is 2. The Morgan fingerprint density at radius 2 is 1.71 bits per heavy atom. The summed E-state index contributed by atoms with van der Waals surface area (Å²) >= 11 is 0. The number of carbonyl (C=O) groups is 3. The SMILES string of the molecule is O=C(N[C@H]1C[C@@H]2C[C@]2(C(=O)N2CCC[C@@H](C(=O)O)C2)C1)OCC1c2ccccc2-c2ccccc21. The molecule has 6 rings (SSSR count). The van der Waals surface area contributed by atoms with Crippen molar-refractivity contribution in [1.82, 2.24) is 10.2 Å². The van der Waals surface area contributed by atoms with E-state index in [0.717, 1.165) is 19.3 Å². The number of piperidine rings is 1. The highest BCUT2D eigenvalue weighted by Crippen LogP contribution is 2.64. The molecule has 4 aliphatic rings. The molecule has 3 fully saturated rings. The molecule has 0 aromatic heterocycles. The number of likely N-dealkylation sites (tertiary alicyclic amines) is 1. The smallest absolute Gasteiger partial charge is 0.407 e. The summed E-state index contributed by atoms with van der Waals surface area (Å²) in [6.45, 7) is 1.19. The summed E-state index contributed by atoms with van der Waals surface area (Å²) in [6.07, 6.45) is 3.13. The lowest BCUT2D eigenvalue weighted by Crippen LogP contribution is -2.46. The van der Waals surface area contributed by atoms with E-state index in [0.29, 0.717) is 25.9 Å². The Balaban J connectivity index is 1.06. The molecule has 2 aromatic rings. The van der Waals surface area contributed by atoms with Gasteiger partial charge in [-0.25, -0.2) is 4.79 Å². The molecule has 182 valence electrons. The van der Waals surface area contributed by atoms with Gasteiger partial charge in [0.15, 0.2) is 0 Å². The Labute approximate surface area is 204 Å². The van der Waals surface area contributed by atoms with Crippen LogP contribution in [0.15, 0.2) is 48.5 Å². The molecule has 7 nitrogen and oxygen atoms in total. The molecule has 2 amide bonds. The molecule has 3 aliphatic carbocycles. The van der Waals surface area contributed by atoms with Crippen molar-refractivity contribution in [3.63, 3.8) is 0 Å². The molecule has 0 spiro atoms. The molecule has 2 saturated carbocycles. The third-order valence-corrected chi connectivity index (χ3v) is 8.56. The van der Waals surface area contributed by atoms with Crippen LogP contribution in [0.5, 0.6) is 0 Å². The van der Waals surface area contributed by atoms with Crippen molar-refractivity contribution in [3.05, 3.63) is 59.7 Å². The minimum absolute atomic E-state index is 0.0133. The van der Waals surface area contributed by atoms with E-state index < -0.39 is 23.4 Å². The number of rotatable bonds is 5. The number of carboxylic acid groups (broad SMARTS) is 1. The molecule has 2 aromatic carbocycles. The second kappa shape index (κ2) is 8.40. The minimum Gasteiger partial charge on any atom is -0.481 e. The predicted octanol–water partition coefficient (Wildman–Crippen LogP) is 4.02. The zero-order chi connectivity index (χ0) is 24.2. The summed E-state index contributed by atoms with van der Waals surface area (Å²) in [5.74, 6) is -0.949. The first kappa shape index (κ1) is 22.1. The Bertz CT molecular complexity index is 1150. The maximum atomic E-state index is 13.3. The fourth-order valence-electron chi connectivity index (χ4n) is 6.75. The number of nitrogens with one attached hydrogen (secondary N) is 1. The van der Waals surface area contributed by atoms with Crippen LogP contribution in [0, 0.1) is 17.3 Å². The average Bonchev–Trinajstić information content (AvgIpc) is 3.30. The molecule has 1 heterocycles. The lowest BCUT2D eigenvalue weighted by atomic mass is 9.94. The van der Waals surface area contributed by atoms with Crippen molar-refractivity contribution in [1.29, 1.82) is 0 Å². The van der Waals surface area contributed by atoms with Crippen molar-refractivity contribution in [2.75, 3.05) is 19.7 Å². The first-order chi connectivity index (χ1) is 17.0. The van der Waals surface area contributed by atoms with Gasteiger partial charge in [-0.15, -0.1) is 0 Å². The van der Waals surface area contributed by atoms with Crippen LogP contribution < -0.4 is 5.32 Å². The van der Waals surface area contributed by atoms with Crippen LogP contribution in [0.3, 0.4) is 0 Å². The van der Waals surface area contributed by atoms with Crippen LogP contribution in [0.25, 0.3) is 11.1 Å². The number of hydrogen-bond acceptors (Lipinski definition) is 4. The van der Waals surface area contributed by atoms with Gasteiger partial charge in [0.25, 0.3) is 0 Å². The maximum absolute atomic E-state index is 13.3. The largest absolute Gasteiger partial charge is 0.481 e. The lowest BCUT2D eigenvalue weighted by Gasteiger charge is -2.33. The maximum Gasteiger partial charge on any atom is 0.407 e. The average molecular weight is 475 g/mol. The highest BCUT2D eigenvalue weighted by molar-refractivity contribution is 5.87. The first-order valence-corrected chi connectivity index (χ1v) is 12.6. The van der Waals surface area contributed by atoms with Gasteiger partial charge in [-0.3, -0.25) is 9.59 Å². The number of benzene rings is 2. The number of fused-ring (bicyclic) bond motifs is 4. The van der Waals surface area contributed by atoms with Gasteiger partial charge >= 0.3 is 12.1 Å². The summed E-state index contributed by atoms with van der Waals surface area (Å²) in [7, 11) is 0. The Kier molecular flexibility index (Phi) is 5.31. The molecule has 1 aliphatic heterocycles. The number of carboxylic acids is 1. The van der Waals surface area contributed by atoms with E-state index in [9.17, 15) is 19.5 Å². The Morgan fingerprint density at radius 1 is 1.03 bits per heavy atom. The van der Waals surface area contributed by atoms with Crippen molar-refractivity contribution in [2.24, 2.45) is 17.3 Å². The molecule has 1 saturated heterocycles. The van der Waals surface area contributed by atoms with E-state index in [1.807, 2.05) is 24.3 Å². The number of ether oxygens (including phenoxy) is 1. The van der Waals surface area contributed by atoms with Crippen LogP contribution in [-0.2, 0) is 14.3 Å². The topological polar surface area (TPSA) is 95.9 Å². The monoisotopic (exact) mass is 474 g/mol. The van der Waals surface area contributed by atoms with E-state index in [2.05, 4.69) is 29.6 Å². The predicted molar refractivity (Wildman–Crippen MR) is 129 cm³/mol. The Hall–Kier alpha value is -3.35. The zero-order valence-corrected chi connectivity index (χ0v) is 19.6. The van der Waals surface area contributed by atoms with Crippen molar-refractivity contribution in [2.45, 2.75) is 44.1 Å². The molecule has 7 heteroatoms. The second-order valence-corrected chi connectivity index (χ2v) is 10.6. The Morgan fingerprint density at radius 3 is 2.40 bits per heavy atom. The number of alkyl carbamates (subject to hydrolysis) is 1. The number of carbonyl (C=O) groups excluding carboxylic acids is 2. The van der Waals surface area contributed by atoms with E-state index in [1.165, 1.54) is 22.3 Å². The summed E-state index contributed by atoms with van der Waals surface area (Å²) in [5.41, 5.74) is 4.30. The molecule has 0 bridgehead atoms. The molecule has 35 heavy (non-hydrogen) atoms. The van der Waals surface area contributed by atoms with Gasteiger partial charge in [-0.05, 0) is 60.3 Å². The highest BCUT2D eigenvalue weighted by Gasteiger charge is 2.66. The summed E-state index contributed by atoms with van der Waals surface area (Å²) in [4.78, 5) is 39.1. The molecule has 4 atom stereocenters. The van der Waals surface area contributed by atoms with E-state index >= 15 is 0 Å². The number of hydrogen-bond donors (Lipinski definition) is 2. The van der Waals surface area contributed by atoms with Gasteiger partial charge in [0.1, 0.15) is 6.61 Å². The van der Waals surface area contributed by atoms with Crippen LogP contribution >= 0.6 is 0 Å². The minimum atomic E-state index is -0.825. The van der Waals surface area contributed by atoms with Gasteiger partial charge in [0, 0.05) is 25.0 Å². The third kappa shape index (κ3) is 3.77. The second-order valence-electron chi connectivity index (χ2n) is 10.6. The molecule has 0 unspecified atom stereocenters. The fraction of sp³-hybridized carbons (Fsp3) is 0.464. The fourth-order valence-corrected chi connectivity index (χ4v) is 6.75. The first-order valence-electron chi connectivity index (χ1n) is 12.6. The van der Waals surface area contributed by atoms with Crippen molar-refractivity contribution >= 4 is 18.0 Å². The zero-order valence-electron chi connectivity index (χ0n) is 19.6. The van der Waals surface area contributed by atoms with Crippen molar-refractivity contribution < 1.29 is 24.2 Å². The molecule has 2 N–H and O–H groups in total. The third-order valence-electron chi connectivity index (χ3n) is 8.56. The summed E-state index contributed by atoms with van der Waals surface area (Å²) < 4.78 is 5.69. The lowest BCUT2D eigenvalue weighted by molar-refractivity contribution is -0.147. The van der Waals surface area contributed by atoms with Gasteiger partial charge < -0.3 is 20.1 Å². The molecule has 0 radical (unpaired) electrons. The van der Waals surface area contributed by atoms with Gasteiger partial charge in [0.05, 0.1) is 11.3 Å². The van der Waals surface area contributed by atoms with Gasteiger partial charge in [0.2, 0.25) is 5.91 Å². The standard InChI is InChI=1S/C28H30N2O5/c31-25(32)17-6-5-11-30(15-17)26(33)28-13-18(28)12-19(14-28)29-27(34)35-16-24-22-9-3-1-7-20(22)21-8-2-4-10-23(21)24/h1-4,7-10,17-19,24H,5-6,11-16H2,(H,29,34)(H,31,32)/t17-,18-,19+,28+/m1/s1. The van der Waals surface area contributed by atoms with E-state index in [-0.39, 0.29) is 30.4 Å². The van der Waals surface area contributed by atoms with Crippen molar-refractivity contribution in [3.8, 4) is 11.1 Å². The van der Waals surface area contributed by atoms with Crippen LogP contribution in [-0.4, -0.2) is 53.7 Å². The van der Waals surface area contributed by atoms with Gasteiger partial charge in [-0.2, -0.15) is 0 Å². The number of nitrogens with zero attached hydrogens (tertiary/aromatic N) is 1. The normalized spacial score (nSPS) is 28.6. The summed E-state index contributed by atoms with van der Waals surface area (Å²) in [5, 5.41) is 12.4. The van der Waals surface area contributed by atoms with E-state index in [1.54, 1.807) is 4.90 Å². The molecular formula is C28H30N2O5. The van der Waals surface area contributed by atoms with Crippen LogP contribution in [0.2, 0.25) is 0 Å².